The molecule has 3 rings (SSSR count). The first kappa shape index (κ1) is 18.3. The van der Waals surface area contributed by atoms with Crippen LogP contribution in [0.5, 0.6) is 11.5 Å². The van der Waals surface area contributed by atoms with Gasteiger partial charge in [0.1, 0.15) is 13.2 Å². The lowest BCUT2D eigenvalue weighted by atomic mass is 10.1. The zero-order valence-electron chi connectivity index (χ0n) is 14.2. The fraction of sp³-hybridized carbons (Fsp3) is 0.136. The average Bonchev–Trinajstić information content (AvgIpc) is 2.69. The van der Waals surface area contributed by atoms with Gasteiger partial charge in [0.2, 0.25) is 0 Å². The molecule has 0 aliphatic rings. The molecule has 0 unspecified atom stereocenters. The van der Waals surface area contributed by atoms with Crippen molar-refractivity contribution in [3.05, 3.63) is 93.1 Å². The third-order valence-electron chi connectivity index (χ3n) is 3.87. The fourth-order valence-electron chi connectivity index (χ4n) is 2.51. The van der Waals surface area contributed by atoms with Gasteiger partial charge in [-0.2, -0.15) is 5.26 Å². The predicted molar refractivity (Wildman–Crippen MR) is 110 cm³/mol. The average molecular weight is 455 g/mol. The summed E-state index contributed by atoms with van der Waals surface area (Å²) >= 11 is 2.23. The van der Waals surface area contributed by atoms with Crippen LogP contribution >= 0.6 is 22.6 Å². The first-order valence-corrected chi connectivity index (χ1v) is 9.37. The van der Waals surface area contributed by atoms with Crippen LogP contribution in [-0.2, 0) is 19.6 Å². The van der Waals surface area contributed by atoms with Crippen molar-refractivity contribution >= 4 is 22.6 Å². The second-order valence-electron chi connectivity index (χ2n) is 5.75. The second-order valence-corrected chi connectivity index (χ2v) is 6.83. The largest absolute Gasteiger partial charge is 0.485 e. The van der Waals surface area contributed by atoms with Gasteiger partial charge in [-0.25, -0.2) is 0 Å². The summed E-state index contributed by atoms with van der Waals surface area (Å²) in [5.41, 5.74) is 3.13. The maximum atomic E-state index is 9.04. The van der Waals surface area contributed by atoms with E-state index in [9.17, 15) is 0 Å². The summed E-state index contributed by atoms with van der Waals surface area (Å²) in [6.45, 7) is 0.921. The van der Waals surface area contributed by atoms with Crippen LogP contribution in [0.25, 0.3) is 0 Å². The monoisotopic (exact) mass is 455 g/mol. The Morgan fingerprint density at radius 2 is 1.35 bits per heavy atom. The molecular weight excluding hydrogens is 437 g/mol. The van der Waals surface area contributed by atoms with E-state index in [0.29, 0.717) is 31.1 Å². The van der Waals surface area contributed by atoms with Crippen molar-refractivity contribution < 1.29 is 9.47 Å². The maximum Gasteiger partial charge on any atom is 0.175 e. The summed E-state index contributed by atoms with van der Waals surface area (Å²) in [6.07, 6.45) is 0.346. The number of nitriles is 1. The molecular formula is C22H18INO2. The van der Waals surface area contributed by atoms with Gasteiger partial charge in [0.05, 0.1) is 16.1 Å². The Hall–Kier alpha value is -2.52. The predicted octanol–water partition coefficient (Wildman–Crippen LogP) is 5.52. The van der Waals surface area contributed by atoms with Crippen LogP contribution in [0, 0.1) is 14.9 Å². The first-order valence-electron chi connectivity index (χ1n) is 8.29. The molecule has 0 saturated heterocycles. The molecule has 0 spiro atoms. The van der Waals surface area contributed by atoms with Crippen molar-refractivity contribution in [2.24, 2.45) is 0 Å². The smallest absolute Gasteiger partial charge is 0.175 e. The molecule has 0 N–H and O–H groups in total. The lowest BCUT2D eigenvalue weighted by molar-refractivity contribution is 0.254. The third kappa shape index (κ3) is 4.77. The van der Waals surface area contributed by atoms with Gasteiger partial charge in [-0.15, -0.1) is 0 Å². The van der Waals surface area contributed by atoms with Crippen LogP contribution in [0.3, 0.4) is 0 Å². The Morgan fingerprint density at radius 3 is 1.92 bits per heavy atom. The van der Waals surface area contributed by atoms with E-state index in [1.807, 2.05) is 72.8 Å². The highest BCUT2D eigenvalue weighted by Gasteiger charge is 2.14. The van der Waals surface area contributed by atoms with Crippen molar-refractivity contribution in [3.63, 3.8) is 0 Å². The number of hydrogen-bond donors (Lipinski definition) is 0. The number of rotatable bonds is 7. The molecule has 3 aromatic rings. The Morgan fingerprint density at radius 1 is 0.769 bits per heavy atom. The van der Waals surface area contributed by atoms with E-state index in [2.05, 4.69) is 28.7 Å². The summed E-state index contributed by atoms with van der Waals surface area (Å²) in [7, 11) is 0. The summed E-state index contributed by atoms with van der Waals surface area (Å²) < 4.78 is 13.0. The molecule has 0 atom stereocenters. The summed E-state index contributed by atoms with van der Waals surface area (Å²) in [4.78, 5) is 0. The third-order valence-corrected chi connectivity index (χ3v) is 5.06. The van der Waals surface area contributed by atoms with E-state index in [1.165, 1.54) is 0 Å². The zero-order valence-corrected chi connectivity index (χ0v) is 16.3. The molecule has 0 aliphatic heterocycles. The van der Waals surface area contributed by atoms with Gasteiger partial charge in [0.25, 0.3) is 0 Å². The molecule has 4 heteroatoms. The molecule has 26 heavy (non-hydrogen) atoms. The molecule has 0 bridgehead atoms. The molecule has 0 radical (unpaired) electrons. The highest BCUT2D eigenvalue weighted by atomic mass is 127. The molecule has 0 heterocycles. The number of hydrogen-bond acceptors (Lipinski definition) is 3. The Bertz CT molecular complexity index is 889. The first-order chi connectivity index (χ1) is 12.8. The highest BCUT2D eigenvalue weighted by Crippen LogP contribution is 2.36. The summed E-state index contributed by atoms with van der Waals surface area (Å²) in [5, 5.41) is 9.04. The van der Waals surface area contributed by atoms with Gasteiger partial charge in [0.15, 0.2) is 11.5 Å². The van der Waals surface area contributed by atoms with E-state index in [0.717, 1.165) is 20.3 Å². The van der Waals surface area contributed by atoms with Crippen molar-refractivity contribution in [2.75, 3.05) is 0 Å². The Labute approximate surface area is 167 Å². The van der Waals surface area contributed by atoms with Crippen molar-refractivity contribution in [1.82, 2.24) is 0 Å². The van der Waals surface area contributed by atoms with E-state index < -0.39 is 0 Å². The van der Waals surface area contributed by atoms with Gasteiger partial charge in [-0.05, 0) is 45.3 Å². The SMILES string of the molecule is N#CCc1ccc(OCc2ccccc2)c(OCc2ccccc2)c1I. The lowest BCUT2D eigenvalue weighted by Gasteiger charge is -2.16. The van der Waals surface area contributed by atoms with Gasteiger partial charge >= 0.3 is 0 Å². The molecule has 0 fully saturated rings. The molecule has 3 nitrogen and oxygen atoms in total. The molecule has 0 saturated carbocycles. The zero-order chi connectivity index (χ0) is 18.2. The minimum Gasteiger partial charge on any atom is -0.485 e. The Balaban J connectivity index is 1.82. The van der Waals surface area contributed by atoms with Crippen LogP contribution in [-0.4, -0.2) is 0 Å². The standard InChI is InChI=1S/C22H18INO2/c23-21-19(13-14-24)11-12-20(25-15-17-7-3-1-4-8-17)22(21)26-16-18-9-5-2-6-10-18/h1-12H,13,15-16H2. The van der Waals surface area contributed by atoms with Gasteiger partial charge in [-0.1, -0.05) is 66.7 Å². The molecule has 0 amide bonds. The molecule has 3 aromatic carbocycles. The normalized spacial score (nSPS) is 10.2. The van der Waals surface area contributed by atoms with Gasteiger partial charge < -0.3 is 9.47 Å². The van der Waals surface area contributed by atoms with Crippen molar-refractivity contribution in [2.45, 2.75) is 19.6 Å². The van der Waals surface area contributed by atoms with E-state index in [1.54, 1.807) is 0 Å². The van der Waals surface area contributed by atoms with Gasteiger partial charge in [0, 0.05) is 0 Å². The quantitative estimate of drug-likeness (QED) is 0.441. The summed E-state index contributed by atoms with van der Waals surface area (Å²) in [6, 6.07) is 26.0. The highest BCUT2D eigenvalue weighted by molar-refractivity contribution is 14.1. The molecule has 130 valence electrons. The van der Waals surface area contributed by atoms with Crippen LogP contribution in [0.1, 0.15) is 16.7 Å². The number of benzene rings is 3. The van der Waals surface area contributed by atoms with Crippen molar-refractivity contribution in [3.8, 4) is 17.6 Å². The van der Waals surface area contributed by atoms with E-state index in [-0.39, 0.29) is 0 Å². The van der Waals surface area contributed by atoms with Crippen LogP contribution in [0.15, 0.2) is 72.8 Å². The van der Waals surface area contributed by atoms with E-state index in [4.69, 9.17) is 14.7 Å². The lowest BCUT2D eigenvalue weighted by Crippen LogP contribution is -2.04. The Kier molecular flexibility index (Phi) is 6.50. The van der Waals surface area contributed by atoms with Crippen LogP contribution < -0.4 is 9.47 Å². The minimum atomic E-state index is 0.346. The van der Waals surface area contributed by atoms with Crippen molar-refractivity contribution in [1.29, 1.82) is 5.26 Å². The topological polar surface area (TPSA) is 42.2 Å². The molecule has 0 aliphatic carbocycles. The molecule has 0 aromatic heterocycles. The fourth-order valence-corrected chi connectivity index (χ4v) is 3.31. The maximum absolute atomic E-state index is 9.04. The number of halogens is 1. The second kappa shape index (κ2) is 9.25. The number of ether oxygens (including phenoxy) is 2. The van der Waals surface area contributed by atoms with Crippen LogP contribution in [0.4, 0.5) is 0 Å². The minimum absolute atomic E-state index is 0.346. The summed E-state index contributed by atoms with van der Waals surface area (Å²) in [5.74, 6) is 1.38. The van der Waals surface area contributed by atoms with Crippen LogP contribution in [0.2, 0.25) is 0 Å². The van der Waals surface area contributed by atoms with E-state index >= 15 is 0 Å². The van der Waals surface area contributed by atoms with Gasteiger partial charge in [-0.3, -0.25) is 0 Å². The number of nitrogens with zero attached hydrogens (tertiary/aromatic N) is 1.